The first-order chi connectivity index (χ1) is 14.2. The minimum atomic E-state index is -0.0592. The molecular weight excluding hydrogens is 386 g/mol. The molecule has 7 heteroatoms. The van der Waals surface area contributed by atoms with Crippen LogP contribution in [-0.4, -0.2) is 38.2 Å². The standard InChI is InChI=1S/C22H25N3O3S/c1-27-17-5-6-19(28-2)16(12-17)13-24-22(26)15-4-3-10-25(14-15)21-18-8-11-29-20(18)7-9-23-21/h5-9,11-12,15H,3-4,10,13-14H2,1-2H3,(H,24,26). The molecule has 3 heterocycles. The maximum Gasteiger partial charge on any atom is 0.225 e. The molecular formula is C22H25N3O3S. The quantitative estimate of drug-likeness (QED) is 0.668. The number of pyridine rings is 1. The molecule has 1 unspecified atom stereocenters. The van der Waals surface area contributed by atoms with E-state index < -0.39 is 0 Å². The Kier molecular flexibility index (Phi) is 5.85. The van der Waals surface area contributed by atoms with E-state index in [-0.39, 0.29) is 11.8 Å². The van der Waals surface area contributed by atoms with Crippen LogP contribution < -0.4 is 19.7 Å². The van der Waals surface area contributed by atoms with Crippen LogP contribution in [0.25, 0.3) is 10.1 Å². The van der Waals surface area contributed by atoms with Gasteiger partial charge in [0.2, 0.25) is 5.91 Å². The van der Waals surface area contributed by atoms with Crippen LogP contribution in [0.3, 0.4) is 0 Å². The average molecular weight is 412 g/mol. The summed E-state index contributed by atoms with van der Waals surface area (Å²) in [6.07, 6.45) is 3.72. The molecule has 152 valence electrons. The van der Waals surface area contributed by atoms with Crippen molar-refractivity contribution in [3.05, 3.63) is 47.5 Å². The number of benzene rings is 1. The Hall–Kier alpha value is -2.80. The lowest BCUT2D eigenvalue weighted by atomic mass is 9.96. The molecule has 0 spiro atoms. The maximum atomic E-state index is 12.9. The minimum absolute atomic E-state index is 0.0592. The van der Waals surface area contributed by atoms with E-state index in [0.29, 0.717) is 13.1 Å². The molecule has 1 N–H and O–H groups in total. The summed E-state index contributed by atoms with van der Waals surface area (Å²) in [5.41, 5.74) is 0.901. The number of hydrogen-bond acceptors (Lipinski definition) is 6. The molecule has 0 saturated carbocycles. The van der Waals surface area contributed by atoms with Crippen LogP contribution in [0.5, 0.6) is 11.5 Å². The van der Waals surface area contributed by atoms with Crippen LogP contribution in [-0.2, 0) is 11.3 Å². The number of piperidine rings is 1. The van der Waals surface area contributed by atoms with E-state index in [4.69, 9.17) is 9.47 Å². The van der Waals surface area contributed by atoms with Crippen LogP contribution >= 0.6 is 11.3 Å². The van der Waals surface area contributed by atoms with Gasteiger partial charge in [-0.05, 0) is 48.6 Å². The second kappa shape index (κ2) is 8.69. The predicted octanol–water partition coefficient (Wildman–Crippen LogP) is 3.85. The van der Waals surface area contributed by atoms with E-state index in [2.05, 4.69) is 26.6 Å². The molecule has 1 amide bonds. The van der Waals surface area contributed by atoms with Crippen molar-refractivity contribution in [2.24, 2.45) is 5.92 Å². The van der Waals surface area contributed by atoms with E-state index in [1.807, 2.05) is 30.5 Å². The first kappa shape index (κ1) is 19.5. The maximum absolute atomic E-state index is 12.9. The second-order valence-electron chi connectivity index (χ2n) is 7.15. The van der Waals surface area contributed by atoms with Gasteiger partial charge in [0.15, 0.2) is 0 Å². The van der Waals surface area contributed by atoms with Gasteiger partial charge in [0, 0.05) is 41.5 Å². The zero-order valence-electron chi connectivity index (χ0n) is 16.7. The summed E-state index contributed by atoms with van der Waals surface area (Å²) >= 11 is 1.72. The largest absolute Gasteiger partial charge is 0.497 e. The number of anilines is 1. The van der Waals surface area contributed by atoms with E-state index in [9.17, 15) is 4.79 Å². The molecule has 1 aliphatic heterocycles. The number of amides is 1. The smallest absolute Gasteiger partial charge is 0.225 e. The molecule has 29 heavy (non-hydrogen) atoms. The van der Waals surface area contributed by atoms with Gasteiger partial charge < -0.3 is 19.7 Å². The zero-order valence-corrected chi connectivity index (χ0v) is 17.5. The highest BCUT2D eigenvalue weighted by atomic mass is 32.1. The summed E-state index contributed by atoms with van der Waals surface area (Å²) < 4.78 is 11.9. The first-order valence-corrected chi connectivity index (χ1v) is 10.6. The summed E-state index contributed by atoms with van der Waals surface area (Å²) in [5.74, 6) is 2.47. The molecule has 0 bridgehead atoms. The van der Waals surface area contributed by atoms with Gasteiger partial charge in [-0.2, -0.15) is 0 Å². The lowest BCUT2D eigenvalue weighted by Crippen LogP contribution is -2.43. The molecule has 1 fully saturated rings. The average Bonchev–Trinajstić information content (AvgIpc) is 3.26. The number of thiophene rings is 1. The summed E-state index contributed by atoms with van der Waals surface area (Å²) in [6.45, 7) is 2.02. The third kappa shape index (κ3) is 4.15. The van der Waals surface area contributed by atoms with Crippen LogP contribution in [0.15, 0.2) is 41.9 Å². The summed E-state index contributed by atoms with van der Waals surface area (Å²) in [5, 5.41) is 6.33. The SMILES string of the molecule is COc1ccc(OC)c(CNC(=O)C2CCCN(c3nccc4sccc34)C2)c1. The highest BCUT2D eigenvalue weighted by Crippen LogP contribution is 2.31. The van der Waals surface area contributed by atoms with Crippen molar-refractivity contribution in [1.82, 2.24) is 10.3 Å². The minimum Gasteiger partial charge on any atom is -0.497 e. The molecule has 4 rings (SSSR count). The Morgan fingerprint density at radius 2 is 2.17 bits per heavy atom. The zero-order chi connectivity index (χ0) is 20.2. The van der Waals surface area contributed by atoms with Crippen LogP contribution in [0.4, 0.5) is 5.82 Å². The van der Waals surface area contributed by atoms with E-state index in [0.717, 1.165) is 42.3 Å². The van der Waals surface area contributed by atoms with Gasteiger partial charge in [0.05, 0.1) is 20.1 Å². The van der Waals surface area contributed by atoms with Gasteiger partial charge in [-0.3, -0.25) is 4.79 Å². The van der Waals surface area contributed by atoms with Gasteiger partial charge in [-0.25, -0.2) is 4.98 Å². The van der Waals surface area contributed by atoms with Crippen molar-refractivity contribution in [3.63, 3.8) is 0 Å². The Labute approximate surface area is 174 Å². The molecule has 1 aromatic carbocycles. The Morgan fingerprint density at radius 3 is 3.00 bits per heavy atom. The van der Waals surface area contributed by atoms with Crippen molar-refractivity contribution in [2.75, 3.05) is 32.2 Å². The van der Waals surface area contributed by atoms with Crippen LogP contribution in [0.1, 0.15) is 18.4 Å². The molecule has 0 radical (unpaired) electrons. The number of carbonyl (C=O) groups is 1. The number of hydrogen-bond donors (Lipinski definition) is 1. The van der Waals surface area contributed by atoms with E-state index in [1.165, 1.54) is 10.1 Å². The summed E-state index contributed by atoms with van der Waals surface area (Å²) in [6, 6.07) is 9.75. The Bertz CT molecular complexity index is 1000. The summed E-state index contributed by atoms with van der Waals surface area (Å²) in [7, 11) is 3.26. The van der Waals surface area contributed by atoms with E-state index in [1.54, 1.807) is 25.6 Å². The highest BCUT2D eigenvalue weighted by Gasteiger charge is 2.27. The molecule has 2 aromatic heterocycles. The van der Waals surface area contributed by atoms with Gasteiger partial charge in [-0.15, -0.1) is 11.3 Å². The van der Waals surface area contributed by atoms with E-state index >= 15 is 0 Å². The molecule has 1 aliphatic rings. The van der Waals surface area contributed by atoms with Gasteiger partial charge in [-0.1, -0.05) is 0 Å². The first-order valence-electron chi connectivity index (χ1n) is 9.75. The van der Waals surface area contributed by atoms with Gasteiger partial charge in [0.1, 0.15) is 17.3 Å². The molecule has 0 aliphatic carbocycles. The lowest BCUT2D eigenvalue weighted by molar-refractivity contribution is -0.125. The number of carbonyl (C=O) groups excluding carboxylic acids is 1. The summed E-state index contributed by atoms with van der Waals surface area (Å²) in [4.78, 5) is 19.7. The molecule has 1 atom stereocenters. The third-order valence-electron chi connectivity index (χ3n) is 5.39. The normalized spacial score (nSPS) is 16.6. The number of aromatic nitrogens is 1. The van der Waals surface area contributed by atoms with Crippen molar-refractivity contribution in [2.45, 2.75) is 19.4 Å². The monoisotopic (exact) mass is 411 g/mol. The molecule has 3 aromatic rings. The fourth-order valence-corrected chi connectivity index (χ4v) is 4.64. The fraction of sp³-hybridized carbons (Fsp3) is 0.364. The van der Waals surface area contributed by atoms with Gasteiger partial charge in [0.25, 0.3) is 0 Å². The topological polar surface area (TPSA) is 63.7 Å². The predicted molar refractivity (Wildman–Crippen MR) is 116 cm³/mol. The fourth-order valence-electron chi connectivity index (χ4n) is 3.86. The van der Waals surface area contributed by atoms with Crippen molar-refractivity contribution in [1.29, 1.82) is 0 Å². The van der Waals surface area contributed by atoms with Crippen LogP contribution in [0.2, 0.25) is 0 Å². The number of nitrogens with zero attached hydrogens (tertiary/aromatic N) is 2. The highest BCUT2D eigenvalue weighted by molar-refractivity contribution is 7.17. The molecule has 1 saturated heterocycles. The number of nitrogens with one attached hydrogen (secondary N) is 1. The lowest BCUT2D eigenvalue weighted by Gasteiger charge is -2.33. The van der Waals surface area contributed by atoms with Crippen LogP contribution in [0, 0.1) is 5.92 Å². The number of fused-ring (bicyclic) bond motifs is 1. The second-order valence-corrected chi connectivity index (χ2v) is 8.10. The van der Waals surface area contributed by atoms with Crippen molar-refractivity contribution >= 4 is 33.1 Å². The van der Waals surface area contributed by atoms with Crippen molar-refractivity contribution < 1.29 is 14.3 Å². The Balaban J connectivity index is 1.44. The number of rotatable bonds is 6. The molecule has 6 nitrogen and oxygen atoms in total. The number of methoxy groups -OCH3 is 2. The Morgan fingerprint density at radius 1 is 1.28 bits per heavy atom. The number of ether oxygens (including phenoxy) is 2. The van der Waals surface area contributed by atoms with Gasteiger partial charge >= 0.3 is 0 Å². The van der Waals surface area contributed by atoms with Crippen molar-refractivity contribution in [3.8, 4) is 11.5 Å². The third-order valence-corrected chi connectivity index (χ3v) is 6.27.